The molecule has 0 radical (unpaired) electrons. The maximum atomic E-state index is 6.44. The van der Waals surface area contributed by atoms with Crippen LogP contribution in [0.25, 0.3) is 0 Å². The van der Waals surface area contributed by atoms with Gasteiger partial charge in [0, 0.05) is 17.5 Å². The van der Waals surface area contributed by atoms with Crippen molar-refractivity contribution >= 4 is 0 Å². The van der Waals surface area contributed by atoms with Gasteiger partial charge >= 0.3 is 0 Å². The van der Waals surface area contributed by atoms with E-state index in [2.05, 4.69) is 32.9 Å². The quantitative estimate of drug-likeness (QED) is 0.765. The Hall–Kier alpha value is -1.02. The molecule has 2 nitrogen and oxygen atoms in total. The van der Waals surface area contributed by atoms with Crippen molar-refractivity contribution in [3.05, 3.63) is 28.8 Å². The van der Waals surface area contributed by atoms with Crippen LogP contribution in [0.5, 0.6) is 5.75 Å². The standard InChI is InChI=1S/C13H19NO/c1-4-13(14)5-6-15-11-8-9(2)7-10(3)12(11)13/h7-8H,4-6,14H2,1-3H3. The van der Waals surface area contributed by atoms with Gasteiger partial charge in [0.1, 0.15) is 5.75 Å². The minimum atomic E-state index is -0.189. The predicted octanol–water partition coefficient (Wildman–Crippen LogP) is 2.65. The Kier molecular flexibility index (Phi) is 2.47. The zero-order valence-corrected chi connectivity index (χ0v) is 9.76. The Balaban J connectivity index is 2.61. The van der Waals surface area contributed by atoms with Crippen LogP contribution in [-0.2, 0) is 5.54 Å². The number of rotatable bonds is 1. The molecule has 1 aromatic rings. The van der Waals surface area contributed by atoms with Crippen LogP contribution >= 0.6 is 0 Å². The Bertz CT molecular complexity index is 386. The lowest BCUT2D eigenvalue weighted by atomic mass is 9.80. The number of aryl methyl sites for hydroxylation is 2. The van der Waals surface area contributed by atoms with Gasteiger partial charge < -0.3 is 10.5 Å². The molecule has 0 spiro atoms. The fourth-order valence-corrected chi connectivity index (χ4v) is 2.50. The molecule has 0 fully saturated rings. The van der Waals surface area contributed by atoms with Crippen LogP contribution in [0.15, 0.2) is 12.1 Å². The van der Waals surface area contributed by atoms with Gasteiger partial charge in [-0.15, -0.1) is 0 Å². The third-order valence-electron chi connectivity index (χ3n) is 3.38. The summed E-state index contributed by atoms with van der Waals surface area (Å²) in [6.45, 7) is 7.10. The molecule has 82 valence electrons. The predicted molar refractivity (Wildman–Crippen MR) is 62.2 cm³/mol. The van der Waals surface area contributed by atoms with Crippen LogP contribution in [0.2, 0.25) is 0 Å². The van der Waals surface area contributed by atoms with Gasteiger partial charge in [-0.1, -0.05) is 13.0 Å². The zero-order valence-electron chi connectivity index (χ0n) is 9.76. The lowest BCUT2D eigenvalue weighted by Gasteiger charge is -2.36. The van der Waals surface area contributed by atoms with E-state index in [1.165, 1.54) is 16.7 Å². The Morgan fingerprint density at radius 1 is 1.40 bits per heavy atom. The molecule has 0 bridgehead atoms. The minimum Gasteiger partial charge on any atom is -0.493 e. The highest BCUT2D eigenvalue weighted by atomic mass is 16.5. The molecule has 1 aliphatic rings. The molecular weight excluding hydrogens is 186 g/mol. The summed E-state index contributed by atoms with van der Waals surface area (Å²) in [5, 5.41) is 0. The summed E-state index contributed by atoms with van der Waals surface area (Å²) in [4.78, 5) is 0. The summed E-state index contributed by atoms with van der Waals surface area (Å²) in [7, 11) is 0. The van der Waals surface area contributed by atoms with E-state index in [-0.39, 0.29) is 5.54 Å². The van der Waals surface area contributed by atoms with Crippen molar-refractivity contribution in [2.45, 2.75) is 39.2 Å². The minimum absolute atomic E-state index is 0.189. The average molecular weight is 205 g/mol. The van der Waals surface area contributed by atoms with Crippen molar-refractivity contribution in [1.29, 1.82) is 0 Å². The molecule has 2 heteroatoms. The molecule has 0 saturated heterocycles. The molecule has 15 heavy (non-hydrogen) atoms. The first-order chi connectivity index (χ1) is 7.07. The number of benzene rings is 1. The number of hydrogen-bond acceptors (Lipinski definition) is 2. The molecule has 2 N–H and O–H groups in total. The van der Waals surface area contributed by atoms with Crippen molar-refractivity contribution in [2.24, 2.45) is 5.73 Å². The van der Waals surface area contributed by atoms with Gasteiger partial charge in [-0.05, 0) is 37.5 Å². The van der Waals surface area contributed by atoms with Crippen molar-refractivity contribution in [3.8, 4) is 5.75 Å². The lowest BCUT2D eigenvalue weighted by Crippen LogP contribution is -2.41. The number of nitrogens with two attached hydrogens (primary N) is 1. The molecule has 0 aliphatic carbocycles. The molecule has 1 atom stereocenters. The Labute approximate surface area is 91.4 Å². The van der Waals surface area contributed by atoms with Crippen LogP contribution in [0.1, 0.15) is 36.5 Å². The van der Waals surface area contributed by atoms with Crippen LogP contribution in [0.4, 0.5) is 0 Å². The van der Waals surface area contributed by atoms with E-state index in [0.717, 1.165) is 25.2 Å². The van der Waals surface area contributed by atoms with Crippen LogP contribution < -0.4 is 10.5 Å². The lowest BCUT2D eigenvalue weighted by molar-refractivity contribution is 0.211. The van der Waals surface area contributed by atoms with Gasteiger partial charge in [-0.2, -0.15) is 0 Å². The first-order valence-corrected chi connectivity index (χ1v) is 5.60. The highest BCUT2D eigenvalue weighted by Crippen LogP contribution is 2.39. The maximum absolute atomic E-state index is 6.44. The summed E-state index contributed by atoms with van der Waals surface area (Å²) in [5.74, 6) is 0.989. The molecule has 0 aromatic heterocycles. The second-order valence-corrected chi connectivity index (χ2v) is 4.56. The van der Waals surface area contributed by atoms with Crippen molar-refractivity contribution in [3.63, 3.8) is 0 Å². The van der Waals surface area contributed by atoms with E-state index in [1.54, 1.807) is 0 Å². The molecule has 1 aromatic carbocycles. The molecule has 1 aliphatic heterocycles. The van der Waals surface area contributed by atoms with Crippen LogP contribution in [-0.4, -0.2) is 6.61 Å². The van der Waals surface area contributed by atoms with Crippen molar-refractivity contribution in [2.75, 3.05) is 6.61 Å². The van der Waals surface area contributed by atoms with Crippen LogP contribution in [0, 0.1) is 13.8 Å². The topological polar surface area (TPSA) is 35.2 Å². The van der Waals surface area contributed by atoms with Crippen molar-refractivity contribution in [1.82, 2.24) is 0 Å². The molecule has 1 unspecified atom stereocenters. The third-order valence-corrected chi connectivity index (χ3v) is 3.38. The van der Waals surface area contributed by atoms with Gasteiger partial charge in [-0.3, -0.25) is 0 Å². The maximum Gasteiger partial charge on any atom is 0.124 e. The number of fused-ring (bicyclic) bond motifs is 1. The van der Waals surface area contributed by atoms with E-state index < -0.39 is 0 Å². The summed E-state index contributed by atoms with van der Waals surface area (Å²) >= 11 is 0. The number of ether oxygens (including phenoxy) is 1. The highest BCUT2D eigenvalue weighted by molar-refractivity contribution is 5.48. The van der Waals surface area contributed by atoms with Gasteiger partial charge in [0.2, 0.25) is 0 Å². The molecule has 1 heterocycles. The summed E-state index contributed by atoms with van der Waals surface area (Å²) < 4.78 is 5.70. The third kappa shape index (κ3) is 1.63. The monoisotopic (exact) mass is 205 g/mol. The summed E-state index contributed by atoms with van der Waals surface area (Å²) in [6.07, 6.45) is 1.88. The van der Waals surface area contributed by atoms with E-state index >= 15 is 0 Å². The second kappa shape index (κ2) is 3.53. The molecule has 0 saturated carbocycles. The van der Waals surface area contributed by atoms with Gasteiger partial charge in [-0.25, -0.2) is 0 Å². The van der Waals surface area contributed by atoms with E-state index in [1.807, 2.05) is 0 Å². The summed E-state index contributed by atoms with van der Waals surface area (Å²) in [5.41, 5.74) is 9.96. The first-order valence-electron chi connectivity index (χ1n) is 5.60. The van der Waals surface area contributed by atoms with E-state index in [9.17, 15) is 0 Å². The van der Waals surface area contributed by atoms with E-state index in [0.29, 0.717) is 0 Å². The smallest absolute Gasteiger partial charge is 0.124 e. The zero-order chi connectivity index (χ0) is 11.1. The fraction of sp³-hybridized carbons (Fsp3) is 0.538. The SMILES string of the molecule is CCC1(N)CCOc2cc(C)cc(C)c21. The first kappa shape index (κ1) is 10.5. The van der Waals surface area contributed by atoms with Crippen LogP contribution in [0.3, 0.4) is 0 Å². The highest BCUT2D eigenvalue weighted by Gasteiger charge is 2.33. The Morgan fingerprint density at radius 2 is 2.13 bits per heavy atom. The largest absolute Gasteiger partial charge is 0.493 e. The van der Waals surface area contributed by atoms with Gasteiger partial charge in [0.25, 0.3) is 0 Å². The molecule has 0 amide bonds. The molecule has 2 rings (SSSR count). The van der Waals surface area contributed by atoms with Crippen molar-refractivity contribution < 1.29 is 4.74 Å². The van der Waals surface area contributed by atoms with E-state index in [4.69, 9.17) is 10.5 Å². The summed E-state index contributed by atoms with van der Waals surface area (Å²) in [6, 6.07) is 4.28. The van der Waals surface area contributed by atoms with Gasteiger partial charge in [0.15, 0.2) is 0 Å². The average Bonchev–Trinajstić information content (AvgIpc) is 2.16. The second-order valence-electron chi connectivity index (χ2n) is 4.56. The normalized spacial score (nSPS) is 24.5. The number of hydrogen-bond donors (Lipinski definition) is 1. The molecular formula is C13H19NO. The Morgan fingerprint density at radius 3 is 2.80 bits per heavy atom. The van der Waals surface area contributed by atoms with Gasteiger partial charge in [0.05, 0.1) is 6.61 Å². The fourth-order valence-electron chi connectivity index (χ4n) is 2.50.